The second kappa shape index (κ2) is 13.7. The lowest BCUT2D eigenvalue weighted by Gasteiger charge is -2.09. The first-order valence-electron chi connectivity index (χ1n) is 15.7. The van der Waals surface area contributed by atoms with E-state index in [-0.39, 0.29) is 45.8 Å². The minimum Gasteiger partial charge on any atom is -0.505 e. The van der Waals surface area contributed by atoms with Crippen molar-refractivity contribution in [2.24, 2.45) is 20.5 Å². The average Bonchev–Trinajstić information content (AvgIpc) is 3.67. The first-order chi connectivity index (χ1) is 24.8. The molecule has 7 aromatic rings. The van der Waals surface area contributed by atoms with Crippen LogP contribution < -0.4 is 10.6 Å². The molecule has 7 rings (SSSR count). The monoisotopic (exact) mass is 676 g/mol. The van der Waals surface area contributed by atoms with Gasteiger partial charge in [-0.25, -0.2) is 0 Å². The number of nitrogens with zero attached hydrogens (tertiary/aromatic N) is 6. The van der Waals surface area contributed by atoms with Crippen molar-refractivity contribution >= 4 is 56.1 Å². The van der Waals surface area contributed by atoms with E-state index in [4.69, 9.17) is 4.42 Å². The Morgan fingerprint density at radius 1 is 0.569 bits per heavy atom. The van der Waals surface area contributed by atoms with Crippen molar-refractivity contribution < 1.29 is 24.2 Å². The van der Waals surface area contributed by atoms with Crippen molar-refractivity contribution in [2.45, 2.75) is 0 Å². The molecule has 0 bridgehead atoms. The number of amides is 2. The number of azo groups is 2. The predicted octanol–water partition coefficient (Wildman–Crippen LogP) is 8.67. The number of aromatic nitrogens is 2. The predicted molar refractivity (Wildman–Crippen MR) is 192 cm³/mol. The fraction of sp³-hybridized carbons (Fsp3) is 0.0526. The van der Waals surface area contributed by atoms with Crippen LogP contribution in [0.15, 0.2) is 134 Å². The molecular weight excluding hydrogens is 648 g/mol. The van der Waals surface area contributed by atoms with Gasteiger partial charge in [0.05, 0.1) is 22.5 Å². The molecular formula is C38H28N8O5. The van der Waals surface area contributed by atoms with Crippen molar-refractivity contribution in [3.05, 3.63) is 120 Å². The molecule has 1 heterocycles. The molecule has 0 radical (unpaired) electrons. The number of hydrogen-bond acceptors (Lipinski definition) is 11. The topological polar surface area (TPSA) is 187 Å². The van der Waals surface area contributed by atoms with Crippen LogP contribution in [0, 0.1) is 0 Å². The van der Waals surface area contributed by atoms with Crippen molar-refractivity contribution in [1.82, 2.24) is 20.8 Å². The quantitative estimate of drug-likeness (QED) is 0.116. The third-order valence-corrected chi connectivity index (χ3v) is 8.12. The van der Waals surface area contributed by atoms with E-state index in [0.717, 1.165) is 10.8 Å². The van der Waals surface area contributed by atoms with Crippen molar-refractivity contribution in [3.8, 4) is 34.4 Å². The molecule has 13 heteroatoms. The summed E-state index contributed by atoms with van der Waals surface area (Å²) < 4.78 is 5.94. The van der Waals surface area contributed by atoms with Crippen LogP contribution in [0.2, 0.25) is 0 Å². The van der Waals surface area contributed by atoms with Gasteiger partial charge in [-0.05, 0) is 71.4 Å². The number of benzene rings is 6. The number of carbonyl (C=O) groups excluding carboxylic acids is 2. The summed E-state index contributed by atoms with van der Waals surface area (Å²) in [6.07, 6.45) is 0. The van der Waals surface area contributed by atoms with E-state index in [9.17, 15) is 19.8 Å². The molecule has 0 saturated heterocycles. The molecule has 51 heavy (non-hydrogen) atoms. The molecule has 2 amide bonds. The van der Waals surface area contributed by atoms with Gasteiger partial charge in [0, 0.05) is 36.0 Å². The van der Waals surface area contributed by atoms with E-state index in [1.165, 1.54) is 14.1 Å². The average molecular weight is 677 g/mol. The fourth-order valence-electron chi connectivity index (χ4n) is 5.47. The van der Waals surface area contributed by atoms with Gasteiger partial charge in [0.1, 0.15) is 11.4 Å². The first-order valence-corrected chi connectivity index (χ1v) is 15.7. The van der Waals surface area contributed by atoms with Crippen LogP contribution in [0.1, 0.15) is 20.7 Å². The standard InChI is InChI=1S/C38H28N8O5/c1-39-35(49)29-19-23-7-3-5-9-27(23)31(33(29)47)43-41-25-15-11-21(12-16-25)37-45-46-38(51-37)22-13-17-26(18-14-22)42-44-32-28-10-6-4-8-24(28)20-30(34(32)48)36(50)40-2/h3-20,47-48H,1-2H3,(H,39,49)(H,40,50). The Bertz CT molecular complexity index is 2340. The highest BCUT2D eigenvalue weighted by Crippen LogP contribution is 2.41. The lowest BCUT2D eigenvalue weighted by Crippen LogP contribution is -2.17. The first kappa shape index (κ1) is 32.3. The summed E-state index contributed by atoms with van der Waals surface area (Å²) in [7, 11) is 2.98. The van der Waals surface area contributed by atoms with E-state index in [0.29, 0.717) is 33.3 Å². The zero-order valence-electron chi connectivity index (χ0n) is 27.2. The lowest BCUT2D eigenvalue weighted by atomic mass is 10.0. The summed E-state index contributed by atoms with van der Waals surface area (Å²) in [6.45, 7) is 0. The second-order valence-electron chi connectivity index (χ2n) is 11.2. The van der Waals surface area contributed by atoms with Crippen LogP contribution >= 0.6 is 0 Å². The summed E-state index contributed by atoms with van der Waals surface area (Å²) in [5, 5.41) is 55.1. The van der Waals surface area contributed by atoms with Gasteiger partial charge in [0.25, 0.3) is 11.8 Å². The third-order valence-electron chi connectivity index (χ3n) is 8.12. The third kappa shape index (κ3) is 6.34. The molecule has 0 fully saturated rings. The Balaban J connectivity index is 1.09. The number of nitrogens with one attached hydrogen (secondary N) is 2. The maximum absolute atomic E-state index is 12.4. The SMILES string of the molecule is CNC(=O)c1cc2ccccc2c(N=Nc2ccc(-c3nnc(-c4ccc(N=Nc5c(O)c(C(=O)NC)cc6ccccc56)cc4)o3)cc2)c1O. The number of rotatable bonds is 8. The molecule has 0 unspecified atom stereocenters. The zero-order chi connectivity index (χ0) is 35.5. The van der Waals surface area contributed by atoms with Crippen LogP contribution in [0.5, 0.6) is 11.5 Å². The Morgan fingerprint density at radius 3 is 1.35 bits per heavy atom. The largest absolute Gasteiger partial charge is 0.505 e. The highest BCUT2D eigenvalue weighted by molar-refractivity contribution is 6.07. The van der Waals surface area contributed by atoms with Crippen molar-refractivity contribution in [3.63, 3.8) is 0 Å². The number of aromatic hydroxyl groups is 2. The fourth-order valence-corrected chi connectivity index (χ4v) is 5.47. The van der Waals surface area contributed by atoms with Crippen molar-refractivity contribution in [2.75, 3.05) is 14.1 Å². The number of phenols is 2. The van der Waals surface area contributed by atoms with Crippen LogP contribution in [-0.2, 0) is 0 Å². The van der Waals surface area contributed by atoms with Crippen LogP contribution in [0.25, 0.3) is 44.5 Å². The Morgan fingerprint density at radius 2 is 0.961 bits per heavy atom. The molecule has 0 saturated carbocycles. The van der Waals surface area contributed by atoms with E-state index >= 15 is 0 Å². The highest BCUT2D eigenvalue weighted by Gasteiger charge is 2.19. The smallest absolute Gasteiger partial charge is 0.254 e. The van der Waals surface area contributed by atoms with Gasteiger partial charge < -0.3 is 25.3 Å². The number of hydrogen-bond donors (Lipinski definition) is 4. The van der Waals surface area contributed by atoms with Gasteiger partial charge in [-0.1, -0.05) is 48.5 Å². The summed E-state index contributed by atoms with van der Waals surface area (Å²) in [4.78, 5) is 24.7. The molecule has 4 N–H and O–H groups in total. The molecule has 6 aromatic carbocycles. The highest BCUT2D eigenvalue weighted by atomic mass is 16.4. The molecule has 0 spiro atoms. The number of fused-ring (bicyclic) bond motifs is 2. The van der Waals surface area contributed by atoms with E-state index in [1.54, 1.807) is 72.8 Å². The zero-order valence-corrected chi connectivity index (χ0v) is 27.2. The molecule has 0 atom stereocenters. The van der Waals surface area contributed by atoms with E-state index in [2.05, 4.69) is 41.3 Å². The minimum absolute atomic E-state index is 0.102. The maximum Gasteiger partial charge on any atom is 0.254 e. The molecule has 1 aromatic heterocycles. The van der Waals surface area contributed by atoms with Crippen LogP contribution in [0.4, 0.5) is 22.7 Å². The maximum atomic E-state index is 12.4. The van der Waals surface area contributed by atoms with Gasteiger partial charge in [-0.15, -0.1) is 20.4 Å². The molecule has 0 aliphatic rings. The second-order valence-corrected chi connectivity index (χ2v) is 11.2. The van der Waals surface area contributed by atoms with Crippen molar-refractivity contribution in [1.29, 1.82) is 0 Å². The van der Waals surface area contributed by atoms with Crippen LogP contribution in [-0.4, -0.2) is 46.3 Å². The lowest BCUT2D eigenvalue weighted by molar-refractivity contribution is 0.0952. The molecule has 0 aliphatic heterocycles. The van der Waals surface area contributed by atoms with E-state index < -0.39 is 11.8 Å². The Labute approximate surface area is 290 Å². The number of carbonyl (C=O) groups is 2. The van der Waals surface area contributed by atoms with Gasteiger partial charge in [0.2, 0.25) is 11.8 Å². The molecule has 13 nitrogen and oxygen atoms in total. The minimum atomic E-state index is -0.434. The molecule has 250 valence electrons. The Kier molecular flexibility index (Phi) is 8.66. The van der Waals surface area contributed by atoms with Gasteiger partial charge in [-0.3, -0.25) is 9.59 Å². The summed E-state index contributed by atoms with van der Waals surface area (Å²) in [6, 6.07) is 31.7. The van der Waals surface area contributed by atoms with Gasteiger partial charge in [0.15, 0.2) is 11.5 Å². The van der Waals surface area contributed by atoms with Crippen LogP contribution in [0.3, 0.4) is 0 Å². The van der Waals surface area contributed by atoms with E-state index in [1.807, 2.05) is 36.4 Å². The summed E-state index contributed by atoms with van der Waals surface area (Å²) in [5.41, 5.74) is 2.88. The van der Waals surface area contributed by atoms with Gasteiger partial charge >= 0.3 is 0 Å². The Hall–Kier alpha value is -7.28. The van der Waals surface area contributed by atoms with Gasteiger partial charge in [-0.2, -0.15) is 10.2 Å². The summed E-state index contributed by atoms with van der Waals surface area (Å²) >= 11 is 0. The normalized spacial score (nSPS) is 11.5. The summed E-state index contributed by atoms with van der Waals surface area (Å²) in [5.74, 6) is -0.811. The number of phenolic OH excluding ortho intramolecular Hbond substituents is 2. The molecule has 0 aliphatic carbocycles.